The highest BCUT2D eigenvalue weighted by Gasteiger charge is 2.30. The summed E-state index contributed by atoms with van der Waals surface area (Å²) in [6.45, 7) is 4.63. The average molecular weight is 1420 g/mol. The molecule has 0 aromatic carbocycles. The highest BCUT2D eigenvalue weighted by Crippen LogP contribution is 2.45. The predicted molar refractivity (Wildman–Crippen MR) is 399 cm³/mol. The van der Waals surface area contributed by atoms with Crippen molar-refractivity contribution in [3.8, 4) is 0 Å². The first kappa shape index (κ1) is 94.0. The minimum absolute atomic E-state index is 0.0727. The van der Waals surface area contributed by atoms with Gasteiger partial charge in [0.2, 0.25) is 0 Å². The molecule has 0 aromatic heterocycles. The summed E-state index contributed by atoms with van der Waals surface area (Å²) in [5.74, 6) is -2.22. The number of hydrogen-bond acceptors (Lipinski definition) is 15. The van der Waals surface area contributed by atoms with Gasteiger partial charge in [-0.1, -0.05) is 273 Å². The van der Waals surface area contributed by atoms with Gasteiger partial charge in [-0.05, 0) is 122 Å². The number of unbranched alkanes of at least 4 members (excludes halogenated alkanes) is 30. The van der Waals surface area contributed by atoms with E-state index in [9.17, 15) is 43.2 Å². The molecule has 0 heterocycles. The second kappa shape index (κ2) is 71.4. The van der Waals surface area contributed by atoms with Crippen LogP contribution in [-0.4, -0.2) is 96.7 Å². The van der Waals surface area contributed by atoms with Crippen LogP contribution in [0.3, 0.4) is 0 Å². The van der Waals surface area contributed by atoms with Crippen LogP contribution < -0.4 is 0 Å². The topological polar surface area (TPSA) is 237 Å². The fourth-order valence-electron chi connectivity index (χ4n) is 10.2. The molecule has 0 bridgehead atoms. The zero-order valence-corrected chi connectivity index (χ0v) is 63.5. The molecule has 566 valence electrons. The van der Waals surface area contributed by atoms with Crippen molar-refractivity contribution in [3.05, 3.63) is 97.2 Å². The quantitative estimate of drug-likeness (QED) is 0.0169. The van der Waals surface area contributed by atoms with Crippen molar-refractivity contribution in [1.29, 1.82) is 0 Å². The van der Waals surface area contributed by atoms with E-state index in [1.807, 2.05) is 0 Å². The van der Waals surface area contributed by atoms with Crippen molar-refractivity contribution >= 4 is 39.5 Å². The Morgan fingerprint density at radius 1 is 0.296 bits per heavy atom. The van der Waals surface area contributed by atoms with Crippen molar-refractivity contribution < 1.29 is 80.2 Å². The first-order valence-corrected chi connectivity index (χ1v) is 41.5. The molecule has 0 aromatic rings. The van der Waals surface area contributed by atoms with Crippen molar-refractivity contribution in [1.82, 2.24) is 0 Å². The number of hydrogen-bond donors (Lipinski definition) is 3. The van der Waals surface area contributed by atoms with Crippen molar-refractivity contribution in [2.24, 2.45) is 0 Å². The summed E-state index contributed by atoms with van der Waals surface area (Å²) in [5, 5.41) is 10.6. The Morgan fingerprint density at radius 3 is 0.878 bits per heavy atom. The smallest absolute Gasteiger partial charge is 0.462 e. The molecule has 0 spiro atoms. The van der Waals surface area contributed by atoms with Crippen LogP contribution in [0, 0.1) is 0 Å². The van der Waals surface area contributed by atoms with Crippen LogP contribution in [0.4, 0.5) is 0 Å². The lowest BCUT2D eigenvalue weighted by atomic mass is 10.0. The van der Waals surface area contributed by atoms with Crippen molar-refractivity contribution in [3.63, 3.8) is 0 Å². The Bertz CT molecular complexity index is 2240. The Balaban J connectivity index is 5.36. The summed E-state index contributed by atoms with van der Waals surface area (Å²) in [6.07, 6.45) is 73.9. The highest BCUT2D eigenvalue weighted by molar-refractivity contribution is 7.47. The maximum Gasteiger partial charge on any atom is 0.472 e. The van der Waals surface area contributed by atoms with Gasteiger partial charge in [0.15, 0.2) is 12.2 Å². The van der Waals surface area contributed by atoms with Gasteiger partial charge in [0, 0.05) is 25.7 Å². The lowest BCUT2D eigenvalue weighted by Crippen LogP contribution is -2.30. The third-order valence-electron chi connectivity index (χ3n) is 16.0. The van der Waals surface area contributed by atoms with Crippen LogP contribution in [0.15, 0.2) is 97.2 Å². The molecular weight excluding hydrogens is 1280 g/mol. The first-order valence-electron chi connectivity index (χ1n) is 38.5. The third-order valence-corrected chi connectivity index (χ3v) is 17.9. The van der Waals surface area contributed by atoms with E-state index in [-0.39, 0.29) is 25.7 Å². The molecule has 17 nitrogen and oxygen atoms in total. The molecule has 5 atom stereocenters. The number of ether oxygens (including phenoxy) is 4. The average Bonchev–Trinajstić information content (AvgIpc) is 0.969. The summed E-state index contributed by atoms with van der Waals surface area (Å²) in [5.41, 5.74) is 0. The SMILES string of the molecule is CC/C=C\C/C=C\C/C=C\C/C=C\CCCCCCC(=O)OCC(COP(=O)(O)OCC(O)COP(=O)(O)OCC(COC(=O)CCCCCCC/C=C\C/C=C\CCCCC)OC(=O)CCCCCCCCCCCCCCC)OC(=O)CCCCCCC/C=C\C/C=C\CCC. The molecule has 0 saturated heterocycles. The number of phosphoric acid groups is 2. The molecule has 3 N–H and O–H groups in total. The van der Waals surface area contributed by atoms with Gasteiger partial charge in [0.25, 0.3) is 0 Å². The van der Waals surface area contributed by atoms with E-state index in [2.05, 4.69) is 125 Å². The van der Waals surface area contributed by atoms with Gasteiger partial charge in [-0.3, -0.25) is 37.3 Å². The summed E-state index contributed by atoms with van der Waals surface area (Å²) in [4.78, 5) is 72.8. The number of rotatable bonds is 72. The molecule has 0 aliphatic carbocycles. The molecule has 0 saturated carbocycles. The molecule has 0 radical (unpaired) electrons. The van der Waals surface area contributed by atoms with Crippen LogP contribution >= 0.6 is 15.6 Å². The molecule has 98 heavy (non-hydrogen) atoms. The van der Waals surface area contributed by atoms with Gasteiger partial charge in [0.05, 0.1) is 26.4 Å². The van der Waals surface area contributed by atoms with Crippen LogP contribution in [0.1, 0.15) is 323 Å². The van der Waals surface area contributed by atoms with E-state index in [1.54, 1.807) is 0 Å². The van der Waals surface area contributed by atoms with Gasteiger partial charge in [-0.25, -0.2) is 9.13 Å². The zero-order chi connectivity index (χ0) is 71.8. The van der Waals surface area contributed by atoms with E-state index in [0.717, 1.165) is 173 Å². The molecule has 5 unspecified atom stereocenters. The number of phosphoric ester groups is 2. The molecule has 0 aliphatic rings. The lowest BCUT2D eigenvalue weighted by molar-refractivity contribution is -0.161. The molecule has 0 fully saturated rings. The standard InChI is InChI=1S/C79H138O17P2/c1-5-9-13-17-21-25-29-33-35-36-38-42-44-48-52-56-60-64-77(82)90-70-75(96-79(84)66-62-58-54-50-46-40-32-28-24-20-16-12-8-4)72-94-98(87,88)92-68-73(80)67-91-97(85,86)93-71-74(95-78(83)65-61-57-53-49-45-39-31-27-23-19-15-11-7-3)69-89-76(81)63-59-55-51-47-43-41-37-34-30-26-22-18-14-10-6-2/h9,13,16,20-22,25-26,28,32-35,37-38,42,73-75,80H,5-8,10-12,14-15,17-19,23-24,27,29-31,36,39-41,43-72H2,1-4H3,(H,85,86)(H,87,88)/b13-9-,20-16-,25-21-,26-22-,32-28-,35-33-,37-34-,42-38-. The summed E-state index contributed by atoms with van der Waals surface area (Å²) in [6, 6.07) is 0. The summed E-state index contributed by atoms with van der Waals surface area (Å²) in [7, 11) is -9.96. The van der Waals surface area contributed by atoms with Crippen molar-refractivity contribution in [2.75, 3.05) is 39.6 Å². The summed E-state index contributed by atoms with van der Waals surface area (Å²) >= 11 is 0. The Labute approximate surface area is 595 Å². The molecule has 0 amide bonds. The molecular formula is C79H138O17P2. The molecule has 19 heteroatoms. The zero-order valence-electron chi connectivity index (χ0n) is 61.7. The Hall–Kier alpha value is -4.02. The van der Waals surface area contributed by atoms with E-state index in [1.165, 1.54) is 70.6 Å². The normalized spacial score (nSPS) is 14.5. The van der Waals surface area contributed by atoms with Crippen LogP contribution in [0.5, 0.6) is 0 Å². The van der Waals surface area contributed by atoms with Crippen LogP contribution in [0.2, 0.25) is 0 Å². The first-order chi connectivity index (χ1) is 47.7. The van der Waals surface area contributed by atoms with E-state index < -0.39 is 97.5 Å². The summed E-state index contributed by atoms with van der Waals surface area (Å²) < 4.78 is 68.5. The fraction of sp³-hybridized carbons (Fsp3) is 0.747. The Morgan fingerprint density at radius 2 is 0.551 bits per heavy atom. The minimum atomic E-state index is -4.98. The van der Waals surface area contributed by atoms with Gasteiger partial charge in [-0.15, -0.1) is 0 Å². The molecule has 0 rings (SSSR count). The fourth-order valence-corrected chi connectivity index (χ4v) is 11.7. The predicted octanol–water partition coefficient (Wildman–Crippen LogP) is 22.0. The number of carbonyl (C=O) groups is 4. The minimum Gasteiger partial charge on any atom is -0.462 e. The lowest BCUT2D eigenvalue weighted by Gasteiger charge is -2.21. The van der Waals surface area contributed by atoms with Gasteiger partial charge >= 0.3 is 39.5 Å². The monoisotopic (exact) mass is 1420 g/mol. The third kappa shape index (κ3) is 70.4. The number of aliphatic hydroxyl groups excluding tert-OH is 1. The highest BCUT2D eigenvalue weighted by atomic mass is 31.2. The van der Waals surface area contributed by atoms with E-state index in [4.69, 9.17) is 37.0 Å². The largest absolute Gasteiger partial charge is 0.472 e. The maximum absolute atomic E-state index is 13.1. The number of aliphatic hydroxyl groups is 1. The van der Waals surface area contributed by atoms with Gasteiger partial charge < -0.3 is 33.8 Å². The van der Waals surface area contributed by atoms with Crippen molar-refractivity contribution in [2.45, 2.75) is 341 Å². The maximum atomic E-state index is 13.1. The second-order valence-electron chi connectivity index (χ2n) is 25.6. The van der Waals surface area contributed by atoms with E-state index in [0.29, 0.717) is 25.7 Å². The second-order valence-corrected chi connectivity index (χ2v) is 28.5. The Kier molecular flexibility index (Phi) is 68.4. The number of esters is 4. The van der Waals surface area contributed by atoms with Crippen LogP contribution in [-0.2, 0) is 65.4 Å². The van der Waals surface area contributed by atoms with Crippen LogP contribution in [0.25, 0.3) is 0 Å². The number of carbonyl (C=O) groups excluding carboxylic acids is 4. The van der Waals surface area contributed by atoms with Gasteiger partial charge in [-0.2, -0.15) is 0 Å². The van der Waals surface area contributed by atoms with E-state index >= 15 is 0 Å². The van der Waals surface area contributed by atoms with Gasteiger partial charge in [0.1, 0.15) is 19.3 Å². The molecule has 0 aliphatic heterocycles. The number of allylic oxidation sites excluding steroid dienone is 16.